The molecule has 0 saturated heterocycles. The molecule has 0 atom stereocenters. The van der Waals surface area contributed by atoms with Crippen molar-refractivity contribution in [1.29, 1.82) is 0 Å². The zero-order valence-electron chi connectivity index (χ0n) is 7.74. The number of esters is 1. The number of nitrogens with zero attached hydrogens (tertiary/aromatic N) is 3. The highest BCUT2D eigenvalue weighted by Crippen LogP contribution is 2.14. The SMILES string of the molecule is COC(=O)CSc1ncc([N+](=O)[O-])cn1. The highest BCUT2D eigenvalue weighted by Gasteiger charge is 2.08. The van der Waals surface area contributed by atoms with Crippen molar-refractivity contribution in [2.45, 2.75) is 5.16 Å². The summed E-state index contributed by atoms with van der Waals surface area (Å²) < 4.78 is 4.41. The Morgan fingerprint density at radius 2 is 2.20 bits per heavy atom. The third-order valence-electron chi connectivity index (χ3n) is 1.37. The van der Waals surface area contributed by atoms with Crippen LogP contribution >= 0.6 is 11.8 Å². The van der Waals surface area contributed by atoms with Gasteiger partial charge in [0.05, 0.1) is 17.8 Å². The number of nitro groups is 1. The van der Waals surface area contributed by atoms with Gasteiger partial charge in [-0.3, -0.25) is 14.9 Å². The number of methoxy groups -OCH3 is 1. The van der Waals surface area contributed by atoms with Crippen LogP contribution in [0.15, 0.2) is 17.6 Å². The molecule has 0 aliphatic carbocycles. The highest BCUT2D eigenvalue weighted by molar-refractivity contribution is 7.99. The van der Waals surface area contributed by atoms with E-state index in [-0.39, 0.29) is 11.4 Å². The van der Waals surface area contributed by atoms with Crippen molar-refractivity contribution in [3.05, 3.63) is 22.5 Å². The van der Waals surface area contributed by atoms with Crippen molar-refractivity contribution in [2.75, 3.05) is 12.9 Å². The van der Waals surface area contributed by atoms with Gasteiger partial charge in [-0.2, -0.15) is 0 Å². The van der Waals surface area contributed by atoms with Gasteiger partial charge in [-0.15, -0.1) is 0 Å². The summed E-state index contributed by atoms with van der Waals surface area (Å²) in [5.41, 5.74) is -0.183. The summed E-state index contributed by atoms with van der Waals surface area (Å²) in [4.78, 5) is 27.9. The minimum Gasteiger partial charge on any atom is -0.468 e. The van der Waals surface area contributed by atoms with Crippen molar-refractivity contribution in [1.82, 2.24) is 9.97 Å². The second-order valence-electron chi connectivity index (χ2n) is 2.35. The van der Waals surface area contributed by atoms with Crippen LogP contribution in [0, 0.1) is 10.1 Å². The summed E-state index contributed by atoms with van der Waals surface area (Å²) in [6.45, 7) is 0. The summed E-state index contributed by atoms with van der Waals surface area (Å²) in [5.74, 6) is -0.323. The fourth-order valence-electron chi connectivity index (χ4n) is 0.661. The lowest BCUT2D eigenvalue weighted by atomic mass is 10.6. The van der Waals surface area contributed by atoms with Crippen LogP contribution in [-0.4, -0.2) is 33.7 Å². The van der Waals surface area contributed by atoms with E-state index in [1.807, 2.05) is 0 Å². The Labute approximate surface area is 89.0 Å². The van der Waals surface area contributed by atoms with Crippen LogP contribution in [0.3, 0.4) is 0 Å². The van der Waals surface area contributed by atoms with E-state index in [1.165, 1.54) is 7.11 Å². The third kappa shape index (κ3) is 3.50. The van der Waals surface area contributed by atoms with Gasteiger partial charge in [0, 0.05) is 0 Å². The fourth-order valence-corrected chi connectivity index (χ4v) is 1.28. The van der Waals surface area contributed by atoms with Crippen LogP contribution in [0.4, 0.5) is 5.69 Å². The van der Waals surface area contributed by atoms with E-state index < -0.39 is 10.9 Å². The maximum Gasteiger partial charge on any atom is 0.316 e. The Kier molecular flexibility index (Phi) is 3.98. The van der Waals surface area contributed by atoms with Gasteiger partial charge in [-0.25, -0.2) is 9.97 Å². The molecule has 0 aliphatic heterocycles. The Morgan fingerprint density at radius 3 is 2.67 bits per heavy atom. The summed E-state index contributed by atoms with van der Waals surface area (Å²) in [5, 5.41) is 10.6. The zero-order valence-corrected chi connectivity index (χ0v) is 8.56. The number of hydrogen-bond acceptors (Lipinski definition) is 7. The van der Waals surface area contributed by atoms with Gasteiger partial charge in [-0.05, 0) is 0 Å². The third-order valence-corrected chi connectivity index (χ3v) is 2.22. The van der Waals surface area contributed by atoms with Crippen molar-refractivity contribution in [3.8, 4) is 0 Å². The summed E-state index contributed by atoms with van der Waals surface area (Å²) in [6.07, 6.45) is 2.18. The average molecular weight is 229 g/mol. The summed E-state index contributed by atoms with van der Waals surface area (Å²) in [6, 6.07) is 0. The first kappa shape index (κ1) is 11.4. The number of rotatable bonds is 4. The van der Waals surface area contributed by atoms with Gasteiger partial charge >= 0.3 is 11.7 Å². The summed E-state index contributed by atoms with van der Waals surface area (Å²) in [7, 11) is 1.28. The molecule has 0 aliphatic rings. The predicted molar refractivity (Wildman–Crippen MR) is 51.4 cm³/mol. The molecular weight excluding hydrogens is 222 g/mol. The lowest BCUT2D eigenvalue weighted by Gasteiger charge is -1.97. The molecule has 7 nitrogen and oxygen atoms in total. The largest absolute Gasteiger partial charge is 0.468 e. The topological polar surface area (TPSA) is 95.2 Å². The zero-order chi connectivity index (χ0) is 11.3. The van der Waals surface area contributed by atoms with E-state index in [0.29, 0.717) is 5.16 Å². The first-order valence-corrected chi connectivity index (χ1v) is 4.78. The molecule has 0 unspecified atom stereocenters. The second kappa shape index (κ2) is 5.25. The molecule has 1 aromatic rings. The van der Waals surface area contributed by atoms with Crippen LogP contribution in [0.25, 0.3) is 0 Å². The van der Waals surface area contributed by atoms with Gasteiger partial charge in [0.25, 0.3) is 0 Å². The second-order valence-corrected chi connectivity index (χ2v) is 3.29. The van der Waals surface area contributed by atoms with Crippen LogP contribution in [0.1, 0.15) is 0 Å². The first-order valence-electron chi connectivity index (χ1n) is 3.79. The van der Waals surface area contributed by atoms with E-state index >= 15 is 0 Å². The fraction of sp³-hybridized carbons (Fsp3) is 0.286. The highest BCUT2D eigenvalue weighted by atomic mass is 32.2. The molecule has 0 aromatic carbocycles. The minimum absolute atomic E-state index is 0.0777. The number of ether oxygens (including phenoxy) is 1. The molecule has 1 heterocycles. The predicted octanol–water partition coefficient (Wildman–Crippen LogP) is 0.650. The summed E-state index contributed by atoms with van der Waals surface area (Å²) >= 11 is 1.05. The normalized spacial score (nSPS) is 9.67. The Morgan fingerprint density at radius 1 is 1.60 bits per heavy atom. The van der Waals surface area contributed by atoms with Crippen LogP contribution in [0.5, 0.6) is 0 Å². The number of thioether (sulfide) groups is 1. The molecule has 1 rings (SSSR count). The van der Waals surface area contributed by atoms with E-state index in [4.69, 9.17) is 0 Å². The quantitative estimate of drug-likeness (QED) is 0.246. The lowest BCUT2D eigenvalue weighted by Crippen LogP contribution is -2.03. The molecule has 15 heavy (non-hydrogen) atoms. The van der Waals surface area contributed by atoms with Crippen LogP contribution < -0.4 is 0 Å². The van der Waals surface area contributed by atoms with E-state index in [9.17, 15) is 14.9 Å². The van der Waals surface area contributed by atoms with Gasteiger partial charge in [0.2, 0.25) is 0 Å². The number of carbonyl (C=O) groups excluding carboxylic acids is 1. The van der Waals surface area contributed by atoms with Crippen LogP contribution in [0.2, 0.25) is 0 Å². The molecular formula is C7H7N3O4S. The first-order chi connectivity index (χ1) is 7.13. The molecule has 0 fully saturated rings. The Balaban J connectivity index is 2.57. The van der Waals surface area contributed by atoms with Crippen molar-refractivity contribution >= 4 is 23.4 Å². The van der Waals surface area contributed by atoms with E-state index in [1.54, 1.807) is 0 Å². The number of aromatic nitrogens is 2. The number of hydrogen-bond donors (Lipinski definition) is 0. The molecule has 1 aromatic heterocycles. The smallest absolute Gasteiger partial charge is 0.316 e. The van der Waals surface area contributed by atoms with E-state index in [2.05, 4.69) is 14.7 Å². The number of carbonyl (C=O) groups is 1. The monoisotopic (exact) mass is 229 g/mol. The Hall–Kier alpha value is -1.70. The van der Waals surface area contributed by atoms with Gasteiger partial charge in [0.15, 0.2) is 5.16 Å². The molecule has 0 bridgehead atoms. The molecule has 0 spiro atoms. The maximum atomic E-state index is 10.8. The maximum absolute atomic E-state index is 10.8. The Bertz CT molecular complexity index is 367. The standard InChI is InChI=1S/C7H7N3O4S/c1-14-6(11)4-15-7-8-2-5(3-9-7)10(12)13/h2-3H,4H2,1H3. The molecule has 0 radical (unpaired) electrons. The van der Waals surface area contributed by atoms with Gasteiger partial charge < -0.3 is 4.74 Å². The van der Waals surface area contributed by atoms with Crippen LogP contribution in [-0.2, 0) is 9.53 Å². The van der Waals surface area contributed by atoms with E-state index in [0.717, 1.165) is 24.2 Å². The molecule has 0 amide bonds. The molecule has 80 valence electrons. The van der Waals surface area contributed by atoms with Crippen molar-refractivity contribution in [2.24, 2.45) is 0 Å². The molecule has 8 heteroatoms. The molecule has 0 saturated carbocycles. The van der Waals surface area contributed by atoms with Crippen molar-refractivity contribution < 1.29 is 14.5 Å². The molecule has 0 N–H and O–H groups in total. The average Bonchev–Trinajstić information content (AvgIpc) is 2.26. The minimum atomic E-state index is -0.589. The lowest BCUT2D eigenvalue weighted by molar-refractivity contribution is -0.385. The van der Waals surface area contributed by atoms with Gasteiger partial charge in [0.1, 0.15) is 12.4 Å². The van der Waals surface area contributed by atoms with Gasteiger partial charge in [-0.1, -0.05) is 11.8 Å². The van der Waals surface area contributed by atoms with Crippen molar-refractivity contribution in [3.63, 3.8) is 0 Å².